The number of ether oxygens (including phenoxy) is 1. The fourth-order valence-corrected chi connectivity index (χ4v) is 4.81. The first-order chi connectivity index (χ1) is 18.9. The van der Waals surface area contributed by atoms with Gasteiger partial charge in [-0.2, -0.15) is 5.26 Å². The van der Waals surface area contributed by atoms with Gasteiger partial charge in [0.1, 0.15) is 22.9 Å². The van der Waals surface area contributed by atoms with Crippen LogP contribution in [0.15, 0.2) is 40.6 Å². The van der Waals surface area contributed by atoms with Crippen molar-refractivity contribution in [3.63, 3.8) is 0 Å². The lowest BCUT2D eigenvalue weighted by atomic mass is 10.1. The van der Waals surface area contributed by atoms with Crippen molar-refractivity contribution in [3.05, 3.63) is 52.9 Å². The molecule has 1 atom stereocenters. The third-order valence-corrected chi connectivity index (χ3v) is 7.22. The average Bonchev–Trinajstić information content (AvgIpc) is 3.24. The Morgan fingerprint density at radius 2 is 2.03 bits per heavy atom. The number of nitrogens with one attached hydrogen (secondary N) is 1. The molecule has 0 aliphatic rings. The molecule has 1 aromatic carbocycles. The normalized spacial score (nSPS) is 11.7. The van der Waals surface area contributed by atoms with E-state index in [1.165, 1.54) is 0 Å². The van der Waals surface area contributed by atoms with E-state index in [1.54, 1.807) is 13.0 Å². The van der Waals surface area contributed by atoms with Gasteiger partial charge in [0.05, 0.1) is 24.2 Å². The molecule has 2 aromatic rings. The Kier molecular flexibility index (Phi) is 13.4. The van der Waals surface area contributed by atoms with Crippen molar-refractivity contribution in [2.75, 3.05) is 23.3 Å². The minimum Gasteiger partial charge on any atom is -0.464 e. The number of unbranched alkanes of at least 4 members (excludes halogenated alkanes) is 3. The summed E-state index contributed by atoms with van der Waals surface area (Å²) in [7, 11) is 0. The number of azo groups is 1. The van der Waals surface area contributed by atoms with Gasteiger partial charge in [-0.3, -0.25) is 9.59 Å². The van der Waals surface area contributed by atoms with Crippen molar-refractivity contribution in [1.82, 2.24) is 0 Å². The van der Waals surface area contributed by atoms with E-state index in [2.05, 4.69) is 44.4 Å². The Morgan fingerprint density at radius 1 is 1.26 bits per heavy atom. The first-order valence-corrected chi connectivity index (χ1v) is 14.0. The number of thiophene rings is 1. The summed E-state index contributed by atoms with van der Waals surface area (Å²) in [6.45, 7) is 17.2. The smallest absolute Gasteiger partial charge is 0.293 e. The van der Waals surface area contributed by atoms with Crippen LogP contribution in [-0.4, -0.2) is 31.6 Å². The Bertz CT molecular complexity index is 1250. The number of nitrogens with zero attached hydrogens (tertiary/aromatic N) is 5. The molecule has 1 unspecified atom stereocenters. The van der Waals surface area contributed by atoms with Crippen LogP contribution >= 0.6 is 11.3 Å². The summed E-state index contributed by atoms with van der Waals surface area (Å²) in [4.78, 5) is 29.6. The number of rotatable bonds is 16. The van der Waals surface area contributed by atoms with Gasteiger partial charge in [0, 0.05) is 25.2 Å². The Labute approximate surface area is 235 Å². The zero-order valence-electron chi connectivity index (χ0n) is 23.1. The molecule has 1 N–H and O–H groups in total. The number of allylic oxidation sites excluding steroid dienone is 1. The Balaban J connectivity index is 2.29. The number of anilines is 2. The van der Waals surface area contributed by atoms with Crippen LogP contribution in [0.5, 0.6) is 0 Å². The third-order valence-electron chi connectivity index (χ3n) is 6.15. The lowest BCUT2D eigenvalue weighted by Crippen LogP contribution is -2.23. The van der Waals surface area contributed by atoms with Crippen molar-refractivity contribution in [1.29, 1.82) is 5.26 Å². The molecule has 0 aliphatic carbocycles. The van der Waals surface area contributed by atoms with Gasteiger partial charge < -0.3 is 15.0 Å². The van der Waals surface area contributed by atoms with E-state index in [0.717, 1.165) is 55.8 Å². The number of hydrogen-bond donors (Lipinski definition) is 1. The second-order valence-electron chi connectivity index (χ2n) is 8.82. The Hall–Kier alpha value is -4.02. The topological polar surface area (TPSA) is 112 Å². The molecular formula is C29H36N6O3S. The molecular weight excluding hydrogens is 512 g/mol. The molecule has 10 heteroatoms. The zero-order valence-corrected chi connectivity index (χ0v) is 23.9. The van der Waals surface area contributed by atoms with Crippen molar-refractivity contribution < 1.29 is 14.3 Å². The van der Waals surface area contributed by atoms with Crippen LogP contribution < -0.4 is 10.2 Å². The summed E-state index contributed by atoms with van der Waals surface area (Å²) >= 11 is 1.10. The van der Waals surface area contributed by atoms with Crippen LogP contribution in [0.3, 0.4) is 0 Å². The summed E-state index contributed by atoms with van der Waals surface area (Å²) in [5.41, 5.74) is 2.66. The van der Waals surface area contributed by atoms with Crippen LogP contribution in [0.4, 0.5) is 27.1 Å². The van der Waals surface area contributed by atoms with E-state index in [1.807, 2.05) is 32.1 Å². The molecule has 0 radical (unpaired) electrons. The summed E-state index contributed by atoms with van der Waals surface area (Å²) in [5.74, 6) is -0.325. The molecule has 0 saturated carbocycles. The van der Waals surface area contributed by atoms with Crippen LogP contribution in [-0.2, 0) is 14.3 Å². The fourth-order valence-electron chi connectivity index (χ4n) is 3.94. The highest BCUT2D eigenvalue weighted by molar-refractivity contribution is 7.20. The van der Waals surface area contributed by atoms with Crippen LogP contribution in [0.1, 0.15) is 70.4 Å². The molecule has 0 spiro atoms. The van der Waals surface area contributed by atoms with Crippen molar-refractivity contribution in [2.45, 2.75) is 72.3 Å². The van der Waals surface area contributed by atoms with Gasteiger partial charge in [-0.05, 0) is 57.4 Å². The van der Waals surface area contributed by atoms with Crippen LogP contribution in [0, 0.1) is 24.8 Å². The molecule has 39 heavy (non-hydrogen) atoms. The Morgan fingerprint density at radius 3 is 2.67 bits per heavy atom. The highest BCUT2D eigenvalue weighted by Gasteiger charge is 2.18. The van der Waals surface area contributed by atoms with Gasteiger partial charge >= 0.3 is 0 Å². The molecule has 0 saturated heterocycles. The van der Waals surface area contributed by atoms with E-state index >= 15 is 0 Å². The van der Waals surface area contributed by atoms with E-state index in [9.17, 15) is 14.9 Å². The number of carbonyl (C=O) groups is 2. The van der Waals surface area contributed by atoms with E-state index in [-0.39, 0.29) is 12.3 Å². The number of carbonyl (C=O) groups excluding carboxylic acids is 2. The third kappa shape index (κ3) is 9.35. The molecule has 206 valence electrons. The van der Waals surface area contributed by atoms with E-state index in [4.69, 9.17) is 11.3 Å². The minimum absolute atomic E-state index is 0.0127. The fraction of sp³-hybridized carbons (Fsp3) is 0.448. The predicted molar refractivity (Wildman–Crippen MR) is 156 cm³/mol. The molecule has 1 amide bonds. The number of benzene rings is 1. The first-order valence-electron chi connectivity index (χ1n) is 13.2. The monoisotopic (exact) mass is 548 g/mol. The summed E-state index contributed by atoms with van der Waals surface area (Å²) < 4.78 is 5.16. The second kappa shape index (κ2) is 16.7. The highest BCUT2D eigenvalue weighted by atomic mass is 32.1. The zero-order chi connectivity index (χ0) is 28.6. The van der Waals surface area contributed by atoms with Crippen LogP contribution in [0.25, 0.3) is 4.85 Å². The molecule has 0 aliphatic heterocycles. The van der Waals surface area contributed by atoms with Crippen molar-refractivity contribution in [2.24, 2.45) is 10.2 Å². The van der Waals surface area contributed by atoms with Gasteiger partial charge in [-0.25, -0.2) is 4.85 Å². The lowest BCUT2D eigenvalue weighted by Gasteiger charge is -2.22. The number of hydrogen-bond acceptors (Lipinski definition) is 8. The molecule has 9 nitrogen and oxygen atoms in total. The number of nitriles is 1. The molecule has 0 fully saturated rings. The maximum Gasteiger partial charge on any atom is 0.293 e. The van der Waals surface area contributed by atoms with Gasteiger partial charge in [0.2, 0.25) is 10.9 Å². The van der Waals surface area contributed by atoms with Gasteiger partial charge in [0.25, 0.3) is 6.47 Å². The van der Waals surface area contributed by atoms with Gasteiger partial charge in [-0.15, -0.1) is 21.6 Å². The van der Waals surface area contributed by atoms with Crippen molar-refractivity contribution >= 4 is 50.8 Å². The molecule has 0 bridgehead atoms. The largest absolute Gasteiger partial charge is 0.464 e. The number of amides is 1. The lowest BCUT2D eigenvalue weighted by molar-refractivity contribution is -0.135. The van der Waals surface area contributed by atoms with Gasteiger partial charge in [0.15, 0.2) is 0 Å². The predicted octanol–water partition coefficient (Wildman–Crippen LogP) is 8.14. The van der Waals surface area contributed by atoms with Gasteiger partial charge in [-0.1, -0.05) is 31.9 Å². The molecule has 2 rings (SSSR count). The molecule has 1 heterocycles. The molecule has 1 aromatic heterocycles. The quantitative estimate of drug-likeness (QED) is 0.0748. The van der Waals surface area contributed by atoms with Crippen LogP contribution in [0.2, 0.25) is 0 Å². The highest BCUT2D eigenvalue weighted by Crippen LogP contribution is 2.42. The van der Waals surface area contributed by atoms with E-state index in [0.29, 0.717) is 45.4 Å². The SMILES string of the molecule is [C-]#[N+]c1sc(N=Nc2ccc(N(CC)CC)cc2NC(=O)CC(C/C=C/CCCCC)OC=O)c(C#N)c1C. The standard InChI is InChI=1S/C29H36N6O3S/c1-6-9-10-11-12-13-14-23(38-20-36)18-27(37)32-26-17-22(35(7-2)8-3)15-16-25(26)33-34-29-24(19-30)21(4)28(31-5)39-29/h12-13,15-17,20,23H,6-11,14,18H2,1-4H3,(H,32,37)/b13-12+,34-33?. The van der Waals surface area contributed by atoms with Crippen molar-refractivity contribution in [3.8, 4) is 6.07 Å². The average molecular weight is 549 g/mol. The maximum atomic E-state index is 13.0. The van der Waals surface area contributed by atoms with E-state index < -0.39 is 6.10 Å². The minimum atomic E-state index is -0.583. The second-order valence-corrected chi connectivity index (χ2v) is 9.80. The summed E-state index contributed by atoms with van der Waals surface area (Å²) in [5, 5.41) is 21.7. The summed E-state index contributed by atoms with van der Waals surface area (Å²) in [6, 6.07) is 7.58. The summed E-state index contributed by atoms with van der Waals surface area (Å²) in [6.07, 6.45) is 8.23. The first kappa shape index (κ1) is 31.2. The maximum absolute atomic E-state index is 13.0.